The molecule has 1 amide bonds. The number of nitrogens with one attached hydrogen (secondary N) is 1. The predicted octanol–water partition coefficient (Wildman–Crippen LogP) is 1.68. The smallest absolute Gasteiger partial charge is 0.246 e. The maximum atomic E-state index is 11.1. The molecule has 0 unspecified atom stereocenters. The molecule has 2 aromatic heterocycles. The monoisotopic (exact) mass is 241 g/mol. The molecule has 1 aliphatic rings. The number of nitrogens with zero attached hydrogens (tertiary/aromatic N) is 1. The van der Waals surface area contributed by atoms with Gasteiger partial charge in [0.25, 0.3) is 0 Å². The molecule has 3 heterocycles. The molecule has 3 N–H and O–H groups in total. The average Bonchev–Trinajstić information content (AvgIpc) is 2.82. The van der Waals surface area contributed by atoms with Gasteiger partial charge in [-0.1, -0.05) is 6.07 Å². The minimum Gasteiger partial charge on any atom is -0.438 e. The van der Waals surface area contributed by atoms with E-state index < -0.39 is 5.91 Å². The number of fused-ring (bicyclic) bond motifs is 1. The lowest BCUT2D eigenvalue weighted by Gasteiger charge is -2.10. The molecule has 5 heteroatoms. The summed E-state index contributed by atoms with van der Waals surface area (Å²) in [5, 5.41) is 2.93. The van der Waals surface area contributed by atoms with E-state index in [-0.39, 0.29) is 0 Å². The van der Waals surface area contributed by atoms with Crippen LogP contribution in [0.15, 0.2) is 46.7 Å². The molecule has 2 aromatic rings. The Morgan fingerprint density at radius 1 is 1.44 bits per heavy atom. The van der Waals surface area contributed by atoms with Crippen molar-refractivity contribution < 1.29 is 9.21 Å². The van der Waals surface area contributed by atoms with E-state index in [4.69, 9.17) is 10.2 Å². The Morgan fingerprint density at radius 2 is 2.33 bits per heavy atom. The molecular weight excluding hydrogens is 230 g/mol. The number of anilines is 1. The van der Waals surface area contributed by atoms with Crippen molar-refractivity contribution in [2.45, 2.75) is 6.42 Å². The lowest BCUT2D eigenvalue weighted by atomic mass is 10.0. The normalized spacial score (nSPS) is 13.4. The van der Waals surface area contributed by atoms with Crippen molar-refractivity contribution >= 4 is 11.8 Å². The molecule has 0 bridgehead atoms. The Bertz CT molecular complexity index is 629. The first-order valence-corrected chi connectivity index (χ1v) is 5.53. The van der Waals surface area contributed by atoms with Gasteiger partial charge in [-0.25, -0.2) is 0 Å². The van der Waals surface area contributed by atoms with Gasteiger partial charge >= 0.3 is 0 Å². The predicted molar refractivity (Wildman–Crippen MR) is 66.5 cm³/mol. The number of pyridine rings is 1. The van der Waals surface area contributed by atoms with Crippen LogP contribution >= 0.6 is 0 Å². The number of aromatic nitrogens is 1. The Hall–Kier alpha value is -2.56. The lowest BCUT2D eigenvalue weighted by molar-refractivity contribution is -0.114. The fourth-order valence-corrected chi connectivity index (χ4v) is 1.88. The van der Waals surface area contributed by atoms with Gasteiger partial charge in [0.15, 0.2) is 5.76 Å². The Kier molecular flexibility index (Phi) is 2.37. The first kappa shape index (κ1) is 10.6. The van der Waals surface area contributed by atoms with E-state index in [1.165, 1.54) is 0 Å². The van der Waals surface area contributed by atoms with E-state index in [2.05, 4.69) is 10.3 Å². The molecule has 18 heavy (non-hydrogen) atoms. The van der Waals surface area contributed by atoms with Crippen LogP contribution < -0.4 is 11.1 Å². The lowest BCUT2D eigenvalue weighted by Crippen LogP contribution is -2.19. The number of hydrogen-bond acceptors (Lipinski definition) is 4. The van der Waals surface area contributed by atoms with Crippen LogP contribution in [0.2, 0.25) is 0 Å². The van der Waals surface area contributed by atoms with Crippen LogP contribution in [0.3, 0.4) is 0 Å². The minimum atomic E-state index is -0.422. The number of nitrogens with two attached hydrogens (primary N) is 1. The molecule has 0 aromatic carbocycles. The largest absolute Gasteiger partial charge is 0.438 e. The zero-order valence-electron chi connectivity index (χ0n) is 9.51. The third kappa shape index (κ3) is 1.75. The van der Waals surface area contributed by atoms with Gasteiger partial charge in [-0.05, 0) is 18.2 Å². The second kappa shape index (κ2) is 4.03. The number of rotatable bonds is 2. The van der Waals surface area contributed by atoms with E-state index in [0.29, 0.717) is 23.6 Å². The highest BCUT2D eigenvalue weighted by Gasteiger charge is 2.19. The summed E-state index contributed by atoms with van der Waals surface area (Å²) in [6.07, 6.45) is 3.77. The summed E-state index contributed by atoms with van der Waals surface area (Å²) in [5.41, 5.74) is 7.46. The quantitative estimate of drug-likeness (QED) is 0.838. The fourth-order valence-electron chi connectivity index (χ4n) is 1.88. The molecule has 0 radical (unpaired) electrons. The summed E-state index contributed by atoms with van der Waals surface area (Å²) < 4.78 is 5.65. The maximum absolute atomic E-state index is 11.1. The van der Waals surface area contributed by atoms with Gasteiger partial charge in [0.1, 0.15) is 5.69 Å². The van der Waals surface area contributed by atoms with Gasteiger partial charge in [-0.2, -0.15) is 0 Å². The van der Waals surface area contributed by atoms with Crippen LogP contribution in [0.1, 0.15) is 5.56 Å². The van der Waals surface area contributed by atoms with Crippen molar-refractivity contribution in [3.05, 3.63) is 47.8 Å². The highest BCUT2D eigenvalue weighted by atomic mass is 16.4. The van der Waals surface area contributed by atoms with E-state index in [0.717, 1.165) is 11.3 Å². The van der Waals surface area contributed by atoms with Crippen LogP contribution in [-0.2, 0) is 11.2 Å². The molecule has 3 rings (SSSR count). The van der Waals surface area contributed by atoms with Gasteiger partial charge in [0.05, 0.1) is 0 Å². The molecule has 5 nitrogen and oxygen atoms in total. The third-order valence-electron chi connectivity index (χ3n) is 2.80. The van der Waals surface area contributed by atoms with Crippen LogP contribution in [0.25, 0.3) is 11.5 Å². The van der Waals surface area contributed by atoms with Crippen LogP contribution in [0.5, 0.6) is 0 Å². The number of hydrogen-bond donors (Lipinski definition) is 2. The molecule has 0 aliphatic carbocycles. The second-order valence-electron chi connectivity index (χ2n) is 4.03. The number of carbonyl (C=O) groups is 1. The number of furan rings is 1. The van der Waals surface area contributed by atoms with Crippen molar-refractivity contribution in [2.75, 3.05) is 5.32 Å². The number of carbonyl (C=O) groups excluding carboxylic acids is 1. The van der Waals surface area contributed by atoms with Crippen molar-refractivity contribution in [1.82, 2.24) is 4.98 Å². The maximum Gasteiger partial charge on any atom is 0.246 e. The van der Waals surface area contributed by atoms with Crippen molar-refractivity contribution in [1.29, 1.82) is 0 Å². The molecule has 0 saturated heterocycles. The minimum absolute atomic E-state index is 0.422. The topological polar surface area (TPSA) is 81.2 Å². The van der Waals surface area contributed by atoms with Crippen molar-refractivity contribution in [3.8, 4) is 11.5 Å². The molecule has 0 spiro atoms. The standard InChI is InChI=1S/C13H11N3O2/c14-12(17)9-5-8-6-11(18-13(8)16-7-9)10-3-1-2-4-15-10/h1-4,6-7,16H,5H2,(H2,14,17). The summed E-state index contributed by atoms with van der Waals surface area (Å²) in [4.78, 5) is 15.3. The highest BCUT2D eigenvalue weighted by Crippen LogP contribution is 2.31. The van der Waals surface area contributed by atoms with Gasteiger partial charge < -0.3 is 15.5 Å². The fraction of sp³-hybridized carbons (Fsp3) is 0.0769. The van der Waals surface area contributed by atoms with E-state index >= 15 is 0 Å². The van der Waals surface area contributed by atoms with E-state index in [9.17, 15) is 4.79 Å². The van der Waals surface area contributed by atoms with Crippen LogP contribution in [-0.4, -0.2) is 10.9 Å². The first-order valence-electron chi connectivity index (χ1n) is 5.53. The molecular formula is C13H11N3O2. The Labute approximate surface area is 103 Å². The van der Waals surface area contributed by atoms with E-state index in [1.54, 1.807) is 12.4 Å². The van der Waals surface area contributed by atoms with Gasteiger partial charge in [0.2, 0.25) is 11.8 Å². The number of amides is 1. The summed E-state index contributed by atoms with van der Waals surface area (Å²) in [6.45, 7) is 0. The molecule has 90 valence electrons. The molecule has 0 saturated carbocycles. The zero-order valence-corrected chi connectivity index (χ0v) is 9.51. The van der Waals surface area contributed by atoms with Gasteiger partial charge in [-0.3, -0.25) is 9.78 Å². The van der Waals surface area contributed by atoms with E-state index in [1.807, 2.05) is 24.3 Å². The Morgan fingerprint density at radius 3 is 3.06 bits per heavy atom. The molecule has 1 aliphatic heterocycles. The molecule has 0 fully saturated rings. The highest BCUT2D eigenvalue weighted by molar-refractivity contribution is 5.93. The number of primary amides is 1. The van der Waals surface area contributed by atoms with Gasteiger partial charge in [-0.15, -0.1) is 0 Å². The SMILES string of the molecule is NC(=O)C1=CNc2oc(-c3ccccn3)cc2C1. The summed E-state index contributed by atoms with van der Waals surface area (Å²) in [6, 6.07) is 7.48. The third-order valence-corrected chi connectivity index (χ3v) is 2.80. The van der Waals surface area contributed by atoms with Crippen molar-refractivity contribution in [3.63, 3.8) is 0 Å². The average molecular weight is 241 g/mol. The first-order chi connectivity index (χ1) is 8.74. The summed E-state index contributed by atoms with van der Waals surface area (Å²) in [7, 11) is 0. The molecule has 0 atom stereocenters. The van der Waals surface area contributed by atoms with Crippen molar-refractivity contribution in [2.24, 2.45) is 5.73 Å². The second-order valence-corrected chi connectivity index (χ2v) is 4.03. The van der Waals surface area contributed by atoms with Gasteiger partial charge in [0, 0.05) is 30.0 Å². The van der Waals surface area contributed by atoms with Crippen LogP contribution in [0.4, 0.5) is 5.88 Å². The zero-order chi connectivity index (χ0) is 12.5. The van der Waals surface area contributed by atoms with Crippen LogP contribution in [0, 0.1) is 0 Å². The summed E-state index contributed by atoms with van der Waals surface area (Å²) >= 11 is 0. The summed E-state index contributed by atoms with van der Waals surface area (Å²) in [5.74, 6) is 0.890. The Balaban J connectivity index is 1.94.